The van der Waals surface area contributed by atoms with Crippen LogP contribution in [0.1, 0.15) is 77.4 Å². The van der Waals surface area contributed by atoms with Crippen molar-refractivity contribution in [2.24, 2.45) is 0 Å². The van der Waals surface area contributed by atoms with Gasteiger partial charge in [0, 0.05) is 13.0 Å². The van der Waals surface area contributed by atoms with Crippen LogP contribution >= 0.6 is 0 Å². The monoisotopic (exact) mass is 463 g/mol. The van der Waals surface area contributed by atoms with Gasteiger partial charge in [0.2, 0.25) is 5.91 Å². The van der Waals surface area contributed by atoms with Crippen LogP contribution in [-0.2, 0) is 28.6 Å². The lowest BCUT2D eigenvalue weighted by Crippen LogP contribution is -2.32. The third kappa shape index (κ3) is 5.66. The van der Waals surface area contributed by atoms with Gasteiger partial charge in [-0.3, -0.25) is 9.59 Å². The van der Waals surface area contributed by atoms with E-state index in [1.165, 1.54) is 0 Å². The second-order valence-electron chi connectivity index (χ2n) is 11.0. The Morgan fingerprint density at radius 2 is 1.62 bits per heavy atom. The van der Waals surface area contributed by atoms with Crippen LogP contribution in [0.4, 0.5) is 0 Å². The van der Waals surface area contributed by atoms with Gasteiger partial charge in [-0.1, -0.05) is 65.8 Å². The summed E-state index contributed by atoms with van der Waals surface area (Å²) in [4.78, 5) is 34.5. The number of phenols is 1. The quantitative estimate of drug-likeness (QED) is 0.526. The van der Waals surface area contributed by atoms with Crippen LogP contribution in [0.25, 0.3) is 10.9 Å². The fourth-order valence-corrected chi connectivity index (χ4v) is 4.16. The summed E-state index contributed by atoms with van der Waals surface area (Å²) in [6.45, 7) is 15.2. The van der Waals surface area contributed by atoms with Gasteiger partial charge in [-0.25, -0.2) is 4.98 Å². The van der Waals surface area contributed by atoms with Crippen LogP contribution in [0, 0.1) is 0 Å². The number of aromatic hydroxyl groups is 1. The number of aryl methyl sites for hydroxylation is 1. The molecule has 6 nitrogen and oxygen atoms in total. The first-order valence-electron chi connectivity index (χ1n) is 11.9. The van der Waals surface area contributed by atoms with Crippen LogP contribution in [0.2, 0.25) is 0 Å². The molecule has 1 heterocycles. The van der Waals surface area contributed by atoms with Gasteiger partial charge in [-0.15, -0.1) is 0 Å². The van der Waals surface area contributed by atoms with E-state index in [0.29, 0.717) is 41.9 Å². The van der Waals surface area contributed by atoms with E-state index in [4.69, 9.17) is 0 Å². The van der Waals surface area contributed by atoms with Gasteiger partial charge >= 0.3 is 0 Å². The Bertz CT molecular complexity index is 1210. The standard InChI is InChI=1S/C28H37N3O3/c1-8-31(17-23-29-22-12-10-9-11-19(22)26(34)30-23)24(32)14-13-18-15-20(27(2,3)4)25(33)21(16-18)28(5,6)7/h9-12,15-16,33H,8,13-14,17H2,1-7H3,(H,29,30,34). The predicted molar refractivity (Wildman–Crippen MR) is 137 cm³/mol. The zero-order valence-corrected chi connectivity index (χ0v) is 21.5. The Labute approximate surface area is 202 Å². The van der Waals surface area contributed by atoms with E-state index in [1.807, 2.05) is 25.1 Å². The average molecular weight is 464 g/mol. The first kappa shape index (κ1) is 25.5. The van der Waals surface area contributed by atoms with E-state index in [2.05, 4.69) is 51.5 Å². The van der Waals surface area contributed by atoms with Crippen molar-refractivity contribution in [2.75, 3.05) is 6.54 Å². The van der Waals surface area contributed by atoms with E-state index in [1.54, 1.807) is 23.1 Å². The molecule has 0 radical (unpaired) electrons. The van der Waals surface area contributed by atoms with Crippen LogP contribution < -0.4 is 5.56 Å². The summed E-state index contributed by atoms with van der Waals surface area (Å²) in [7, 11) is 0. The summed E-state index contributed by atoms with van der Waals surface area (Å²) in [6, 6.07) is 11.2. The Balaban J connectivity index is 1.81. The van der Waals surface area contributed by atoms with Crippen LogP contribution in [-0.4, -0.2) is 32.4 Å². The molecule has 0 aliphatic heterocycles. The largest absolute Gasteiger partial charge is 0.507 e. The maximum atomic E-state index is 13.1. The number of aromatic amines is 1. The molecule has 0 bridgehead atoms. The fraction of sp³-hybridized carbons (Fsp3) is 0.464. The number of nitrogens with zero attached hydrogens (tertiary/aromatic N) is 2. The first-order valence-corrected chi connectivity index (χ1v) is 11.9. The number of rotatable bonds is 6. The van der Waals surface area contributed by atoms with Gasteiger partial charge in [-0.05, 0) is 53.0 Å². The van der Waals surface area contributed by atoms with Crippen molar-refractivity contribution >= 4 is 16.8 Å². The summed E-state index contributed by atoms with van der Waals surface area (Å²) < 4.78 is 0. The average Bonchev–Trinajstić information content (AvgIpc) is 2.75. The van der Waals surface area contributed by atoms with Crippen molar-refractivity contribution in [1.82, 2.24) is 14.9 Å². The fourth-order valence-electron chi connectivity index (χ4n) is 4.16. The number of para-hydroxylation sites is 1. The Morgan fingerprint density at radius 3 is 2.18 bits per heavy atom. The number of phenolic OH excluding ortho intramolecular Hbond substituents is 1. The first-order chi connectivity index (χ1) is 15.8. The van der Waals surface area contributed by atoms with Crippen LogP contribution in [0.15, 0.2) is 41.2 Å². The second-order valence-corrected chi connectivity index (χ2v) is 11.0. The molecule has 2 aromatic carbocycles. The van der Waals surface area contributed by atoms with Gasteiger partial charge in [0.05, 0.1) is 17.4 Å². The lowest BCUT2D eigenvalue weighted by atomic mass is 9.78. The van der Waals surface area contributed by atoms with Crippen molar-refractivity contribution in [3.8, 4) is 5.75 Å². The van der Waals surface area contributed by atoms with E-state index in [9.17, 15) is 14.7 Å². The van der Waals surface area contributed by atoms with Gasteiger partial charge < -0.3 is 15.0 Å². The van der Waals surface area contributed by atoms with Crippen LogP contribution in [0.3, 0.4) is 0 Å². The Kier molecular flexibility index (Phi) is 7.20. The summed E-state index contributed by atoms with van der Waals surface area (Å²) in [5.74, 6) is 0.825. The molecule has 0 aliphatic carbocycles. The number of carbonyl (C=O) groups excluding carboxylic acids is 1. The molecular weight excluding hydrogens is 426 g/mol. The van der Waals surface area contributed by atoms with Crippen LogP contribution in [0.5, 0.6) is 5.75 Å². The summed E-state index contributed by atoms with van der Waals surface area (Å²) in [6.07, 6.45) is 0.910. The van der Waals surface area contributed by atoms with Crippen molar-refractivity contribution in [3.63, 3.8) is 0 Å². The molecule has 0 atom stereocenters. The number of hydrogen-bond donors (Lipinski definition) is 2. The molecule has 3 rings (SSSR count). The van der Waals surface area contributed by atoms with E-state index in [-0.39, 0.29) is 28.8 Å². The zero-order chi connectivity index (χ0) is 25.3. The number of amides is 1. The van der Waals surface area contributed by atoms with Crippen molar-refractivity contribution in [1.29, 1.82) is 0 Å². The number of fused-ring (bicyclic) bond motifs is 1. The SMILES string of the molecule is CCN(Cc1nc2ccccc2c(=O)[nH]1)C(=O)CCc1cc(C(C)(C)C)c(O)c(C(C)(C)C)c1. The smallest absolute Gasteiger partial charge is 0.258 e. The highest BCUT2D eigenvalue weighted by Crippen LogP contribution is 2.40. The summed E-state index contributed by atoms with van der Waals surface area (Å²) >= 11 is 0. The number of carbonyl (C=O) groups is 1. The van der Waals surface area contributed by atoms with Gasteiger partial charge in [-0.2, -0.15) is 0 Å². The molecule has 2 N–H and O–H groups in total. The normalized spacial score (nSPS) is 12.2. The molecule has 0 saturated heterocycles. The van der Waals surface area contributed by atoms with Gasteiger partial charge in [0.25, 0.3) is 5.56 Å². The van der Waals surface area contributed by atoms with Crippen molar-refractivity contribution in [3.05, 3.63) is 69.3 Å². The Morgan fingerprint density at radius 1 is 1.03 bits per heavy atom. The molecule has 0 spiro atoms. The highest BCUT2D eigenvalue weighted by molar-refractivity contribution is 5.78. The van der Waals surface area contributed by atoms with E-state index in [0.717, 1.165) is 16.7 Å². The molecule has 0 unspecified atom stereocenters. The molecule has 6 heteroatoms. The molecule has 0 saturated carbocycles. The highest BCUT2D eigenvalue weighted by Gasteiger charge is 2.26. The third-order valence-corrected chi connectivity index (χ3v) is 6.15. The van der Waals surface area contributed by atoms with E-state index < -0.39 is 0 Å². The number of nitrogens with one attached hydrogen (secondary N) is 1. The summed E-state index contributed by atoms with van der Waals surface area (Å²) in [5, 5.41) is 11.5. The third-order valence-electron chi connectivity index (χ3n) is 6.15. The van der Waals surface area contributed by atoms with Gasteiger partial charge in [0.1, 0.15) is 11.6 Å². The maximum Gasteiger partial charge on any atom is 0.258 e. The lowest BCUT2D eigenvalue weighted by molar-refractivity contribution is -0.131. The number of hydrogen-bond acceptors (Lipinski definition) is 4. The molecular formula is C28H37N3O3. The minimum absolute atomic E-state index is 0.000926. The molecule has 1 aromatic heterocycles. The maximum absolute atomic E-state index is 13.1. The second kappa shape index (κ2) is 9.61. The van der Waals surface area contributed by atoms with Gasteiger partial charge in [0.15, 0.2) is 0 Å². The summed E-state index contributed by atoms with van der Waals surface area (Å²) in [5.41, 5.74) is 2.82. The highest BCUT2D eigenvalue weighted by atomic mass is 16.3. The lowest BCUT2D eigenvalue weighted by Gasteiger charge is -2.28. The minimum atomic E-state index is -0.215. The van der Waals surface area contributed by atoms with Crippen molar-refractivity contribution in [2.45, 2.75) is 78.7 Å². The molecule has 1 amide bonds. The predicted octanol–water partition coefficient (Wildman–Crippen LogP) is 5.21. The Hall–Kier alpha value is -3.15. The zero-order valence-electron chi connectivity index (χ0n) is 21.5. The molecule has 34 heavy (non-hydrogen) atoms. The molecule has 0 fully saturated rings. The molecule has 182 valence electrons. The number of aromatic nitrogens is 2. The molecule has 0 aliphatic rings. The van der Waals surface area contributed by atoms with E-state index >= 15 is 0 Å². The number of benzene rings is 2. The molecule has 3 aromatic rings. The minimum Gasteiger partial charge on any atom is -0.507 e. The topological polar surface area (TPSA) is 86.3 Å². The van der Waals surface area contributed by atoms with Crippen molar-refractivity contribution < 1.29 is 9.90 Å². The number of H-pyrrole nitrogens is 1.